The van der Waals surface area contributed by atoms with Crippen molar-refractivity contribution in [1.82, 2.24) is 0 Å². The van der Waals surface area contributed by atoms with Gasteiger partial charge in [-0.2, -0.15) is 0 Å². The van der Waals surface area contributed by atoms with Crippen molar-refractivity contribution in [2.24, 2.45) is 5.73 Å². The Bertz CT molecular complexity index is 407. The molecule has 3 N–H and O–H groups in total. The monoisotopic (exact) mass is 236 g/mol. The maximum absolute atomic E-state index is 11.5. The van der Waals surface area contributed by atoms with Crippen LogP contribution in [0.1, 0.15) is 11.1 Å². The molecule has 1 aliphatic rings. The van der Waals surface area contributed by atoms with Crippen molar-refractivity contribution in [1.29, 1.82) is 0 Å². The first kappa shape index (κ1) is 12.0. The molecule has 1 amide bonds. The smallest absolute Gasteiger partial charge is 0.250 e. The zero-order valence-corrected chi connectivity index (χ0v) is 9.57. The van der Waals surface area contributed by atoms with Crippen LogP contribution < -0.4 is 11.1 Å². The lowest BCUT2D eigenvalue weighted by atomic mass is 10.1. The standard InChI is InChI=1S/C12H16N2O3/c13-3-4-16-8-12(15)14-11-2-1-9-6-17-7-10(9)5-11/h1-2,5H,3-4,6-8,13H2,(H,14,15). The predicted molar refractivity (Wildman–Crippen MR) is 63.4 cm³/mol. The van der Waals surface area contributed by atoms with Crippen LogP contribution in [0.3, 0.4) is 0 Å². The summed E-state index contributed by atoms with van der Waals surface area (Å²) < 4.78 is 10.4. The molecule has 5 heteroatoms. The summed E-state index contributed by atoms with van der Waals surface area (Å²) >= 11 is 0. The molecule has 0 radical (unpaired) electrons. The van der Waals surface area contributed by atoms with Gasteiger partial charge in [-0.15, -0.1) is 0 Å². The summed E-state index contributed by atoms with van der Waals surface area (Å²) in [6, 6.07) is 5.77. The topological polar surface area (TPSA) is 73.6 Å². The van der Waals surface area contributed by atoms with E-state index in [0.717, 1.165) is 11.3 Å². The highest BCUT2D eigenvalue weighted by Crippen LogP contribution is 2.23. The van der Waals surface area contributed by atoms with Gasteiger partial charge in [0.2, 0.25) is 5.91 Å². The highest BCUT2D eigenvalue weighted by atomic mass is 16.5. The molecule has 1 aromatic rings. The molecular formula is C12H16N2O3. The Kier molecular flexibility index (Phi) is 4.08. The van der Waals surface area contributed by atoms with Crippen molar-refractivity contribution in [3.63, 3.8) is 0 Å². The fraction of sp³-hybridized carbons (Fsp3) is 0.417. The van der Waals surface area contributed by atoms with Crippen molar-refractivity contribution >= 4 is 11.6 Å². The normalized spacial score (nSPS) is 13.5. The van der Waals surface area contributed by atoms with Gasteiger partial charge in [0, 0.05) is 12.2 Å². The van der Waals surface area contributed by atoms with Crippen LogP contribution in [0.25, 0.3) is 0 Å². The van der Waals surface area contributed by atoms with E-state index in [1.807, 2.05) is 18.2 Å². The summed E-state index contributed by atoms with van der Waals surface area (Å²) in [5.74, 6) is -0.169. The molecule has 0 saturated carbocycles. The van der Waals surface area contributed by atoms with E-state index in [-0.39, 0.29) is 12.5 Å². The molecule has 0 bridgehead atoms. The third-order valence-electron chi connectivity index (χ3n) is 2.50. The average Bonchev–Trinajstić information content (AvgIpc) is 2.76. The van der Waals surface area contributed by atoms with E-state index < -0.39 is 0 Å². The van der Waals surface area contributed by atoms with Crippen LogP contribution in [0.2, 0.25) is 0 Å². The van der Waals surface area contributed by atoms with Gasteiger partial charge >= 0.3 is 0 Å². The summed E-state index contributed by atoms with van der Waals surface area (Å²) in [5, 5.41) is 2.77. The van der Waals surface area contributed by atoms with Crippen molar-refractivity contribution < 1.29 is 14.3 Å². The molecule has 1 aliphatic heterocycles. The molecule has 5 nitrogen and oxygen atoms in total. The van der Waals surface area contributed by atoms with E-state index in [0.29, 0.717) is 26.4 Å². The van der Waals surface area contributed by atoms with Gasteiger partial charge in [-0.3, -0.25) is 4.79 Å². The second-order valence-electron chi connectivity index (χ2n) is 3.87. The number of hydrogen-bond donors (Lipinski definition) is 2. The summed E-state index contributed by atoms with van der Waals surface area (Å²) in [7, 11) is 0. The molecule has 0 saturated heterocycles. The average molecular weight is 236 g/mol. The summed E-state index contributed by atoms with van der Waals surface area (Å²) in [6.45, 7) is 2.12. The van der Waals surface area contributed by atoms with Crippen LogP contribution in [-0.4, -0.2) is 25.7 Å². The van der Waals surface area contributed by atoms with Crippen molar-refractivity contribution in [2.45, 2.75) is 13.2 Å². The Morgan fingerprint density at radius 2 is 2.24 bits per heavy atom. The van der Waals surface area contributed by atoms with Gasteiger partial charge in [0.15, 0.2) is 0 Å². The van der Waals surface area contributed by atoms with Gasteiger partial charge in [0.1, 0.15) is 6.61 Å². The van der Waals surface area contributed by atoms with Crippen LogP contribution in [0, 0.1) is 0 Å². The van der Waals surface area contributed by atoms with Crippen molar-refractivity contribution in [3.05, 3.63) is 29.3 Å². The molecule has 2 rings (SSSR count). The first-order valence-electron chi connectivity index (χ1n) is 5.57. The number of nitrogens with one attached hydrogen (secondary N) is 1. The van der Waals surface area contributed by atoms with E-state index >= 15 is 0 Å². The van der Waals surface area contributed by atoms with Crippen molar-refractivity contribution in [3.8, 4) is 0 Å². The van der Waals surface area contributed by atoms with Crippen LogP contribution in [0.15, 0.2) is 18.2 Å². The second kappa shape index (κ2) is 5.77. The number of amides is 1. The zero-order chi connectivity index (χ0) is 12.1. The predicted octanol–water partition coefficient (Wildman–Crippen LogP) is 0.631. The van der Waals surface area contributed by atoms with Crippen molar-refractivity contribution in [2.75, 3.05) is 25.1 Å². The number of anilines is 1. The number of nitrogens with two attached hydrogens (primary N) is 1. The molecule has 0 aliphatic carbocycles. The SMILES string of the molecule is NCCOCC(=O)Nc1ccc2c(c1)COC2. The van der Waals surface area contributed by atoms with Crippen LogP contribution in [0.5, 0.6) is 0 Å². The summed E-state index contributed by atoms with van der Waals surface area (Å²) in [4.78, 5) is 11.5. The Hall–Kier alpha value is -1.43. The zero-order valence-electron chi connectivity index (χ0n) is 9.57. The van der Waals surface area contributed by atoms with Gasteiger partial charge in [-0.1, -0.05) is 6.07 Å². The van der Waals surface area contributed by atoms with Crippen LogP contribution in [0.4, 0.5) is 5.69 Å². The lowest BCUT2D eigenvalue weighted by molar-refractivity contribution is -0.120. The van der Waals surface area contributed by atoms with Gasteiger partial charge in [0.05, 0.1) is 19.8 Å². The summed E-state index contributed by atoms with van der Waals surface area (Å²) in [6.07, 6.45) is 0. The third-order valence-corrected chi connectivity index (χ3v) is 2.50. The highest BCUT2D eigenvalue weighted by Gasteiger charge is 2.12. The van der Waals surface area contributed by atoms with Crippen LogP contribution >= 0.6 is 0 Å². The fourth-order valence-electron chi connectivity index (χ4n) is 1.70. The molecule has 0 atom stereocenters. The molecule has 1 aromatic carbocycles. The lowest BCUT2D eigenvalue weighted by Gasteiger charge is -2.07. The first-order chi connectivity index (χ1) is 8.29. The molecule has 0 aromatic heterocycles. The van der Waals surface area contributed by atoms with Crippen LogP contribution in [-0.2, 0) is 27.5 Å². The van der Waals surface area contributed by atoms with Gasteiger partial charge in [-0.05, 0) is 23.3 Å². The maximum atomic E-state index is 11.5. The molecule has 1 heterocycles. The minimum absolute atomic E-state index is 0.0325. The van der Waals surface area contributed by atoms with Gasteiger partial charge < -0.3 is 20.5 Å². The number of ether oxygens (including phenoxy) is 2. The molecule has 0 spiro atoms. The number of hydrogen-bond acceptors (Lipinski definition) is 4. The van der Waals surface area contributed by atoms with E-state index in [4.69, 9.17) is 15.2 Å². The Morgan fingerprint density at radius 1 is 1.41 bits per heavy atom. The molecule has 0 fully saturated rings. The van der Waals surface area contributed by atoms with Gasteiger partial charge in [-0.25, -0.2) is 0 Å². The van der Waals surface area contributed by atoms with E-state index in [1.165, 1.54) is 5.56 Å². The number of rotatable bonds is 5. The van der Waals surface area contributed by atoms with E-state index in [1.54, 1.807) is 0 Å². The fourth-order valence-corrected chi connectivity index (χ4v) is 1.70. The molecular weight excluding hydrogens is 220 g/mol. The number of carbonyl (C=O) groups is 1. The summed E-state index contributed by atoms with van der Waals surface area (Å²) in [5.41, 5.74) is 8.34. The number of carbonyl (C=O) groups excluding carboxylic acids is 1. The minimum Gasteiger partial charge on any atom is -0.372 e. The maximum Gasteiger partial charge on any atom is 0.250 e. The highest BCUT2D eigenvalue weighted by molar-refractivity contribution is 5.91. The second-order valence-corrected chi connectivity index (χ2v) is 3.87. The Balaban J connectivity index is 1.88. The number of benzene rings is 1. The van der Waals surface area contributed by atoms with E-state index in [9.17, 15) is 4.79 Å². The van der Waals surface area contributed by atoms with E-state index in [2.05, 4.69) is 5.32 Å². The first-order valence-corrected chi connectivity index (χ1v) is 5.57. The third kappa shape index (κ3) is 3.26. The molecule has 17 heavy (non-hydrogen) atoms. The number of fused-ring (bicyclic) bond motifs is 1. The Morgan fingerprint density at radius 3 is 3.06 bits per heavy atom. The minimum atomic E-state index is -0.169. The van der Waals surface area contributed by atoms with Gasteiger partial charge in [0.25, 0.3) is 0 Å². The quantitative estimate of drug-likeness (QED) is 0.735. The molecule has 0 unspecified atom stereocenters. The Labute approximate surface area is 99.9 Å². The molecule has 92 valence electrons. The lowest BCUT2D eigenvalue weighted by Crippen LogP contribution is -2.20. The largest absolute Gasteiger partial charge is 0.372 e.